The van der Waals surface area contributed by atoms with Gasteiger partial charge in [0.05, 0.1) is 7.11 Å². The Bertz CT molecular complexity index is 671. The number of esters is 1. The second kappa shape index (κ2) is 6.99. The van der Waals surface area contributed by atoms with Crippen LogP contribution in [-0.4, -0.2) is 45.2 Å². The van der Waals surface area contributed by atoms with Gasteiger partial charge in [0.2, 0.25) is 11.7 Å². The summed E-state index contributed by atoms with van der Waals surface area (Å²) >= 11 is 5.81. The number of aromatic nitrogens is 4. The molecule has 8 nitrogen and oxygen atoms in total. The number of hydrogen-bond acceptors (Lipinski definition) is 6. The average Bonchev–Trinajstić information content (AvgIpc) is 2.95. The number of amides is 1. The number of rotatable bonds is 5. The number of methoxy groups -OCH3 is 1. The molecule has 0 saturated heterocycles. The molecule has 9 heteroatoms. The van der Waals surface area contributed by atoms with E-state index < -0.39 is 17.9 Å². The van der Waals surface area contributed by atoms with Gasteiger partial charge in [0.25, 0.3) is 0 Å². The normalized spacial score (nSPS) is 11.8. The summed E-state index contributed by atoms with van der Waals surface area (Å²) in [4.78, 5) is 24.1. The van der Waals surface area contributed by atoms with Crippen LogP contribution < -0.4 is 5.32 Å². The number of carbonyl (C=O) groups excluding carboxylic acids is 2. The number of nitrogens with one attached hydrogen (secondary N) is 1. The van der Waals surface area contributed by atoms with E-state index in [1.807, 2.05) is 0 Å². The molecule has 1 amide bonds. The van der Waals surface area contributed by atoms with Gasteiger partial charge >= 0.3 is 5.97 Å². The Morgan fingerprint density at radius 1 is 1.36 bits per heavy atom. The highest BCUT2D eigenvalue weighted by Gasteiger charge is 2.17. The van der Waals surface area contributed by atoms with Gasteiger partial charge in [-0.1, -0.05) is 11.6 Å². The molecule has 1 N–H and O–H groups in total. The summed E-state index contributed by atoms with van der Waals surface area (Å²) in [5.74, 6) is -0.565. The molecule has 2 rings (SSSR count). The molecule has 0 unspecified atom stereocenters. The van der Waals surface area contributed by atoms with Crippen LogP contribution in [0.25, 0.3) is 11.4 Å². The van der Waals surface area contributed by atoms with Crippen molar-refractivity contribution >= 4 is 23.5 Å². The third-order valence-electron chi connectivity index (χ3n) is 2.77. The molecule has 1 aromatic carbocycles. The second-order valence-corrected chi connectivity index (χ2v) is 4.90. The number of benzene rings is 1. The molecule has 0 aliphatic heterocycles. The second-order valence-electron chi connectivity index (χ2n) is 4.46. The monoisotopic (exact) mass is 323 g/mol. The van der Waals surface area contributed by atoms with E-state index in [4.69, 9.17) is 11.6 Å². The fraction of sp³-hybridized carbons (Fsp3) is 0.308. The van der Waals surface area contributed by atoms with Crippen molar-refractivity contribution in [3.05, 3.63) is 29.3 Å². The maximum Gasteiger partial charge on any atom is 0.328 e. The Kier molecular flexibility index (Phi) is 5.05. The lowest BCUT2D eigenvalue weighted by molar-refractivity contribution is -0.144. The molecule has 0 aliphatic rings. The Labute approximate surface area is 131 Å². The Morgan fingerprint density at radius 2 is 2.05 bits per heavy atom. The highest BCUT2D eigenvalue weighted by molar-refractivity contribution is 6.30. The lowest BCUT2D eigenvalue weighted by Crippen LogP contribution is -2.41. The van der Waals surface area contributed by atoms with Crippen molar-refractivity contribution in [3.8, 4) is 11.4 Å². The zero-order valence-electron chi connectivity index (χ0n) is 12.0. The van der Waals surface area contributed by atoms with Gasteiger partial charge in [-0.2, -0.15) is 4.80 Å². The number of tetrazole rings is 1. The summed E-state index contributed by atoms with van der Waals surface area (Å²) in [5.41, 5.74) is 0.735. The first kappa shape index (κ1) is 15.9. The van der Waals surface area contributed by atoms with Crippen LogP contribution >= 0.6 is 11.6 Å². The lowest BCUT2D eigenvalue weighted by Gasteiger charge is -2.10. The molecular weight excluding hydrogens is 310 g/mol. The zero-order valence-corrected chi connectivity index (χ0v) is 12.7. The van der Waals surface area contributed by atoms with Crippen LogP contribution in [0, 0.1) is 0 Å². The van der Waals surface area contributed by atoms with Gasteiger partial charge in [-0.3, -0.25) is 4.79 Å². The standard InChI is InChI=1S/C13H14ClN5O3/c1-8(13(21)22-2)15-11(20)7-19-17-12(16-18-19)9-3-5-10(14)6-4-9/h3-6,8H,7H2,1-2H3,(H,15,20)/t8-/m0/s1. The smallest absolute Gasteiger partial charge is 0.328 e. The molecule has 0 bridgehead atoms. The number of halogens is 1. The molecule has 1 heterocycles. The molecule has 2 aromatic rings. The summed E-state index contributed by atoms with van der Waals surface area (Å²) < 4.78 is 4.52. The molecule has 1 atom stereocenters. The predicted molar refractivity (Wildman–Crippen MR) is 77.9 cm³/mol. The van der Waals surface area contributed by atoms with E-state index in [1.54, 1.807) is 24.3 Å². The number of ether oxygens (including phenoxy) is 1. The SMILES string of the molecule is COC(=O)[C@H](C)NC(=O)Cn1nnc(-c2ccc(Cl)cc2)n1. The summed E-state index contributed by atoms with van der Waals surface area (Å²) in [5, 5.41) is 14.8. The van der Waals surface area contributed by atoms with Gasteiger partial charge in [0.15, 0.2) is 0 Å². The average molecular weight is 324 g/mol. The first-order valence-corrected chi connectivity index (χ1v) is 6.78. The maximum absolute atomic E-state index is 11.8. The fourth-order valence-electron chi connectivity index (χ4n) is 1.68. The third-order valence-corrected chi connectivity index (χ3v) is 3.02. The predicted octanol–water partition coefficient (Wildman–Crippen LogP) is 0.671. The van der Waals surface area contributed by atoms with Crippen molar-refractivity contribution < 1.29 is 14.3 Å². The van der Waals surface area contributed by atoms with Crippen molar-refractivity contribution in [1.82, 2.24) is 25.5 Å². The Morgan fingerprint density at radius 3 is 2.68 bits per heavy atom. The highest BCUT2D eigenvalue weighted by atomic mass is 35.5. The number of nitrogens with zero attached hydrogens (tertiary/aromatic N) is 4. The minimum atomic E-state index is -0.739. The Balaban J connectivity index is 1.98. The summed E-state index contributed by atoms with van der Waals surface area (Å²) in [7, 11) is 1.25. The van der Waals surface area contributed by atoms with Crippen molar-refractivity contribution in [3.63, 3.8) is 0 Å². The van der Waals surface area contributed by atoms with E-state index in [2.05, 4.69) is 25.5 Å². The van der Waals surface area contributed by atoms with Crippen LogP contribution in [0.5, 0.6) is 0 Å². The summed E-state index contributed by atoms with van der Waals surface area (Å²) in [6.07, 6.45) is 0. The topological polar surface area (TPSA) is 99.0 Å². The molecule has 0 saturated carbocycles. The quantitative estimate of drug-likeness (QED) is 0.812. The van der Waals surface area contributed by atoms with Crippen LogP contribution in [0.15, 0.2) is 24.3 Å². The van der Waals surface area contributed by atoms with Crippen LogP contribution in [0.1, 0.15) is 6.92 Å². The van der Waals surface area contributed by atoms with E-state index in [9.17, 15) is 9.59 Å². The van der Waals surface area contributed by atoms with Crippen LogP contribution in [0.3, 0.4) is 0 Å². The minimum Gasteiger partial charge on any atom is -0.467 e. The van der Waals surface area contributed by atoms with Crippen LogP contribution in [0.4, 0.5) is 0 Å². The van der Waals surface area contributed by atoms with E-state index in [-0.39, 0.29) is 6.54 Å². The Hall–Kier alpha value is -2.48. The molecule has 1 aromatic heterocycles. The summed E-state index contributed by atoms with van der Waals surface area (Å²) in [6, 6.07) is 6.19. The molecule has 0 radical (unpaired) electrons. The largest absolute Gasteiger partial charge is 0.467 e. The molecular formula is C13H14ClN5O3. The summed E-state index contributed by atoms with van der Waals surface area (Å²) in [6.45, 7) is 1.37. The van der Waals surface area contributed by atoms with Gasteiger partial charge in [-0.05, 0) is 36.4 Å². The van der Waals surface area contributed by atoms with Crippen molar-refractivity contribution in [2.45, 2.75) is 19.5 Å². The minimum absolute atomic E-state index is 0.151. The van der Waals surface area contributed by atoms with Crippen molar-refractivity contribution in [2.24, 2.45) is 0 Å². The number of hydrogen-bond donors (Lipinski definition) is 1. The number of carbonyl (C=O) groups is 2. The van der Waals surface area contributed by atoms with Gasteiger partial charge < -0.3 is 10.1 Å². The van der Waals surface area contributed by atoms with E-state index in [0.717, 1.165) is 10.4 Å². The molecule has 0 fully saturated rings. The van der Waals surface area contributed by atoms with E-state index >= 15 is 0 Å². The van der Waals surface area contributed by atoms with Gasteiger partial charge in [0, 0.05) is 10.6 Å². The van der Waals surface area contributed by atoms with Crippen LogP contribution in [0.2, 0.25) is 5.02 Å². The van der Waals surface area contributed by atoms with Gasteiger partial charge in [-0.15, -0.1) is 10.2 Å². The first-order valence-electron chi connectivity index (χ1n) is 6.40. The van der Waals surface area contributed by atoms with E-state index in [1.165, 1.54) is 14.0 Å². The first-order chi connectivity index (χ1) is 10.5. The third kappa shape index (κ3) is 4.01. The molecule has 0 aliphatic carbocycles. The zero-order chi connectivity index (χ0) is 16.1. The molecule has 0 spiro atoms. The van der Waals surface area contributed by atoms with Crippen molar-refractivity contribution in [2.75, 3.05) is 7.11 Å². The molecule has 22 heavy (non-hydrogen) atoms. The van der Waals surface area contributed by atoms with Crippen LogP contribution in [-0.2, 0) is 20.9 Å². The van der Waals surface area contributed by atoms with Gasteiger partial charge in [0.1, 0.15) is 12.6 Å². The fourth-order valence-corrected chi connectivity index (χ4v) is 1.80. The lowest BCUT2D eigenvalue weighted by atomic mass is 10.2. The van der Waals surface area contributed by atoms with Crippen molar-refractivity contribution in [1.29, 1.82) is 0 Å². The molecule has 116 valence electrons. The van der Waals surface area contributed by atoms with E-state index in [0.29, 0.717) is 10.8 Å². The highest BCUT2D eigenvalue weighted by Crippen LogP contribution is 2.16. The van der Waals surface area contributed by atoms with Gasteiger partial charge in [-0.25, -0.2) is 4.79 Å². The maximum atomic E-state index is 11.8.